The number of halogens is 1. The largest absolute Gasteiger partial charge is 0.481 e. The molecule has 0 N–H and O–H groups in total. The zero-order valence-electron chi connectivity index (χ0n) is 10.1. The fourth-order valence-corrected chi connectivity index (χ4v) is 1.79. The maximum absolute atomic E-state index is 5.79. The van der Waals surface area contributed by atoms with Crippen LogP contribution in [0.15, 0.2) is 18.3 Å². The van der Waals surface area contributed by atoms with E-state index in [1.165, 1.54) is 0 Å². The van der Waals surface area contributed by atoms with Crippen molar-refractivity contribution in [2.24, 2.45) is 0 Å². The summed E-state index contributed by atoms with van der Waals surface area (Å²) in [6.07, 6.45) is 1.74. The number of pyridine rings is 1. The first-order valence-electron chi connectivity index (χ1n) is 5.47. The molecule has 3 nitrogen and oxygen atoms in total. The first-order chi connectivity index (χ1) is 7.69. The zero-order chi connectivity index (χ0) is 12.0. The average Bonchev–Trinajstić information content (AvgIpc) is 2.29. The van der Waals surface area contributed by atoms with Crippen LogP contribution in [0.4, 0.5) is 0 Å². The Kier molecular flexibility index (Phi) is 5.56. The van der Waals surface area contributed by atoms with Crippen LogP contribution in [0, 0.1) is 0 Å². The lowest BCUT2D eigenvalue weighted by Crippen LogP contribution is -2.32. The first-order valence-corrected chi connectivity index (χ1v) is 6.00. The third kappa shape index (κ3) is 3.65. The normalized spacial score (nSPS) is 11.1. The van der Waals surface area contributed by atoms with Crippen LogP contribution in [0.1, 0.15) is 19.4 Å². The van der Waals surface area contributed by atoms with Gasteiger partial charge >= 0.3 is 0 Å². The van der Waals surface area contributed by atoms with Crippen LogP contribution in [0.2, 0.25) is 0 Å². The summed E-state index contributed by atoms with van der Waals surface area (Å²) < 4.78 is 5.23. The van der Waals surface area contributed by atoms with Crippen molar-refractivity contribution in [3.63, 3.8) is 0 Å². The van der Waals surface area contributed by atoms with Crippen LogP contribution in [0.5, 0.6) is 5.88 Å². The van der Waals surface area contributed by atoms with E-state index in [2.05, 4.69) is 23.7 Å². The second-order valence-corrected chi connectivity index (χ2v) is 4.30. The van der Waals surface area contributed by atoms with Gasteiger partial charge < -0.3 is 4.74 Å². The van der Waals surface area contributed by atoms with E-state index in [0.29, 0.717) is 17.8 Å². The van der Waals surface area contributed by atoms with Crippen LogP contribution in [-0.4, -0.2) is 35.5 Å². The topological polar surface area (TPSA) is 25.4 Å². The van der Waals surface area contributed by atoms with Gasteiger partial charge in [-0.3, -0.25) is 4.90 Å². The Labute approximate surface area is 102 Å². The van der Waals surface area contributed by atoms with Crippen LogP contribution in [0.25, 0.3) is 0 Å². The Bertz CT molecular complexity index is 318. The molecule has 0 fully saturated rings. The summed E-state index contributed by atoms with van der Waals surface area (Å²) in [5.74, 6) is 1.34. The summed E-state index contributed by atoms with van der Waals surface area (Å²) in [6, 6.07) is 4.43. The van der Waals surface area contributed by atoms with Gasteiger partial charge in [-0.2, -0.15) is 0 Å². The van der Waals surface area contributed by atoms with E-state index in [1.807, 2.05) is 12.1 Å². The zero-order valence-corrected chi connectivity index (χ0v) is 10.9. The molecule has 0 radical (unpaired) electrons. The van der Waals surface area contributed by atoms with Gasteiger partial charge in [-0.25, -0.2) is 4.98 Å². The van der Waals surface area contributed by atoms with Crippen LogP contribution >= 0.6 is 11.6 Å². The van der Waals surface area contributed by atoms with E-state index >= 15 is 0 Å². The number of ether oxygens (including phenoxy) is 1. The Morgan fingerprint density at radius 3 is 2.81 bits per heavy atom. The van der Waals surface area contributed by atoms with Gasteiger partial charge in [-0.05, 0) is 19.9 Å². The van der Waals surface area contributed by atoms with E-state index in [9.17, 15) is 0 Å². The summed E-state index contributed by atoms with van der Waals surface area (Å²) in [5.41, 5.74) is 1.10. The predicted octanol–water partition coefficient (Wildman–Crippen LogP) is 2.54. The highest BCUT2D eigenvalue weighted by Crippen LogP contribution is 2.17. The van der Waals surface area contributed by atoms with Gasteiger partial charge in [-0.15, -0.1) is 11.6 Å². The standard InChI is InChI=1S/C12H19ClN2O/c1-10(2)15(8-6-13)9-11-5-4-7-14-12(11)16-3/h4-5,7,10H,6,8-9H2,1-3H3. The molecular weight excluding hydrogens is 224 g/mol. The maximum atomic E-state index is 5.79. The molecule has 0 aromatic carbocycles. The smallest absolute Gasteiger partial charge is 0.217 e. The van der Waals surface area contributed by atoms with Crippen molar-refractivity contribution in [1.29, 1.82) is 0 Å². The third-order valence-corrected chi connectivity index (χ3v) is 2.69. The molecule has 0 aliphatic heterocycles. The average molecular weight is 243 g/mol. The van der Waals surface area contributed by atoms with Crippen LogP contribution in [0.3, 0.4) is 0 Å². The number of hydrogen-bond donors (Lipinski definition) is 0. The molecule has 0 atom stereocenters. The quantitative estimate of drug-likeness (QED) is 0.717. The molecule has 4 heteroatoms. The lowest BCUT2D eigenvalue weighted by atomic mass is 10.2. The van der Waals surface area contributed by atoms with Crippen molar-refractivity contribution in [1.82, 2.24) is 9.88 Å². The molecule has 1 rings (SSSR count). The highest BCUT2D eigenvalue weighted by atomic mass is 35.5. The first kappa shape index (κ1) is 13.3. The number of aromatic nitrogens is 1. The van der Waals surface area contributed by atoms with Crippen LogP contribution in [-0.2, 0) is 6.54 Å². The Morgan fingerprint density at radius 2 is 2.25 bits per heavy atom. The molecule has 1 heterocycles. The fraction of sp³-hybridized carbons (Fsp3) is 0.583. The SMILES string of the molecule is COc1ncccc1CN(CCCl)C(C)C. The van der Waals surface area contributed by atoms with Crippen molar-refractivity contribution in [2.45, 2.75) is 26.4 Å². The van der Waals surface area contributed by atoms with E-state index in [4.69, 9.17) is 16.3 Å². The van der Waals surface area contributed by atoms with Gasteiger partial charge in [0.15, 0.2) is 0 Å². The molecule has 1 aromatic heterocycles. The van der Waals surface area contributed by atoms with Gasteiger partial charge in [0.1, 0.15) is 0 Å². The molecule has 0 aliphatic rings. The van der Waals surface area contributed by atoms with Crippen LogP contribution < -0.4 is 4.74 Å². The molecule has 0 spiro atoms. The number of nitrogens with zero attached hydrogens (tertiary/aromatic N) is 2. The highest BCUT2D eigenvalue weighted by molar-refractivity contribution is 6.18. The van der Waals surface area contributed by atoms with Gasteiger partial charge in [0.05, 0.1) is 7.11 Å². The molecule has 0 saturated carbocycles. The van der Waals surface area contributed by atoms with E-state index in [0.717, 1.165) is 18.7 Å². The summed E-state index contributed by atoms with van der Waals surface area (Å²) in [4.78, 5) is 6.49. The molecule has 90 valence electrons. The summed E-state index contributed by atoms with van der Waals surface area (Å²) in [7, 11) is 1.65. The number of hydrogen-bond acceptors (Lipinski definition) is 3. The Balaban J connectivity index is 2.76. The van der Waals surface area contributed by atoms with Gasteiger partial charge in [-0.1, -0.05) is 6.07 Å². The minimum atomic E-state index is 0.462. The van der Waals surface area contributed by atoms with E-state index < -0.39 is 0 Å². The second kappa shape index (κ2) is 6.71. The third-order valence-electron chi connectivity index (χ3n) is 2.52. The molecular formula is C12H19ClN2O. The van der Waals surface area contributed by atoms with E-state index in [1.54, 1.807) is 13.3 Å². The fourth-order valence-electron chi connectivity index (χ4n) is 1.58. The Morgan fingerprint density at radius 1 is 1.50 bits per heavy atom. The highest BCUT2D eigenvalue weighted by Gasteiger charge is 2.12. The van der Waals surface area contributed by atoms with Crippen molar-refractivity contribution < 1.29 is 4.74 Å². The van der Waals surface area contributed by atoms with Crippen molar-refractivity contribution in [3.8, 4) is 5.88 Å². The maximum Gasteiger partial charge on any atom is 0.217 e. The minimum absolute atomic E-state index is 0.462. The summed E-state index contributed by atoms with van der Waals surface area (Å²) >= 11 is 5.79. The number of alkyl halides is 1. The Hall–Kier alpha value is -0.800. The van der Waals surface area contributed by atoms with Gasteiger partial charge in [0.25, 0.3) is 0 Å². The monoisotopic (exact) mass is 242 g/mol. The molecule has 0 unspecified atom stereocenters. The van der Waals surface area contributed by atoms with Crippen molar-refractivity contribution >= 4 is 11.6 Å². The molecule has 0 amide bonds. The lowest BCUT2D eigenvalue weighted by molar-refractivity contribution is 0.222. The second-order valence-electron chi connectivity index (χ2n) is 3.93. The molecule has 0 bridgehead atoms. The summed E-state index contributed by atoms with van der Waals surface area (Å²) in [5, 5.41) is 0. The summed E-state index contributed by atoms with van der Waals surface area (Å²) in [6.45, 7) is 6.02. The molecule has 1 aromatic rings. The van der Waals surface area contributed by atoms with Gasteiger partial charge in [0, 0.05) is 36.8 Å². The molecule has 0 aliphatic carbocycles. The number of rotatable bonds is 6. The molecule has 0 saturated heterocycles. The molecule has 16 heavy (non-hydrogen) atoms. The van der Waals surface area contributed by atoms with Crippen molar-refractivity contribution in [2.75, 3.05) is 19.5 Å². The number of methoxy groups -OCH3 is 1. The van der Waals surface area contributed by atoms with E-state index in [-0.39, 0.29) is 0 Å². The minimum Gasteiger partial charge on any atom is -0.481 e. The van der Waals surface area contributed by atoms with Gasteiger partial charge in [0.2, 0.25) is 5.88 Å². The lowest BCUT2D eigenvalue weighted by Gasteiger charge is -2.25. The van der Waals surface area contributed by atoms with Crippen molar-refractivity contribution in [3.05, 3.63) is 23.9 Å². The predicted molar refractivity (Wildman–Crippen MR) is 67.1 cm³/mol.